The molecule has 0 fully saturated rings. The Hall–Kier alpha value is -1.36. The molecule has 0 aliphatic heterocycles. The fourth-order valence-electron chi connectivity index (χ4n) is 1.45. The summed E-state index contributed by atoms with van der Waals surface area (Å²) in [6.45, 7) is 10.3. The van der Waals surface area contributed by atoms with E-state index in [1.807, 2.05) is 33.9 Å². The molecule has 0 aliphatic carbocycles. The van der Waals surface area contributed by atoms with Crippen LogP contribution in [0.2, 0.25) is 0 Å². The van der Waals surface area contributed by atoms with Crippen LogP contribution < -0.4 is 10.6 Å². The lowest BCUT2D eigenvalue weighted by atomic mass is 10.3. The van der Waals surface area contributed by atoms with E-state index in [0.29, 0.717) is 5.95 Å². The van der Waals surface area contributed by atoms with Crippen molar-refractivity contribution in [1.82, 2.24) is 9.97 Å². The number of anilines is 2. The minimum Gasteiger partial charge on any atom is -0.377 e. The second kappa shape index (κ2) is 7.06. The van der Waals surface area contributed by atoms with Crippen molar-refractivity contribution >= 4 is 11.8 Å². The van der Waals surface area contributed by atoms with E-state index in [9.17, 15) is 0 Å². The fraction of sp³-hybridized carbons (Fsp3) is 0.667. The van der Waals surface area contributed by atoms with Crippen molar-refractivity contribution in [3.8, 4) is 0 Å². The molecule has 1 aromatic heterocycles. The third-order valence-corrected chi connectivity index (χ3v) is 2.31. The maximum Gasteiger partial charge on any atom is 0.224 e. The number of ether oxygens (including phenoxy) is 1. The van der Waals surface area contributed by atoms with Crippen molar-refractivity contribution in [1.29, 1.82) is 0 Å². The predicted octanol–water partition coefficient (Wildman–Crippen LogP) is 2.05. The Balaban J connectivity index is 2.59. The number of aryl methyl sites for hydroxylation is 1. The van der Waals surface area contributed by atoms with E-state index >= 15 is 0 Å². The first kappa shape index (κ1) is 13.7. The average molecular weight is 238 g/mol. The largest absolute Gasteiger partial charge is 0.377 e. The highest BCUT2D eigenvalue weighted by Crippen LogP contribution is 2.12. The molecule has 0 saturated carbocycles. The fourth-order valence-corrected chi connectivity index (χ4v) is 1.45. The highest BCUT2D eigenvalue weighted by atomic mass is 16.5. The first-order chi connectivity index (χ1) is 8.17. The van der Waals surface area contributed by atoms with Gasteiger partial charge in [0.05, 0.1) is 6.10 Å². The number of nitrogens with zero attached hydrogens (tertiary/aromatic N) is 2. The van der Waals surface area contributed by atoms with Crippen molar-refractivity contribution in [3.05, 3.63) is 11.8 Å². The van der Waals surface area contributed by atoms with Crippen LogP contribution in [0.4, 0.5) is 11.8 Å². The van der Waals surface area contributed by atoms with Crippen molar-refractivity contribution in [3.63, 3.8) is 0 Å². The molecule has 0 radical (unpaired) electrons. The van der Waals surface area contributed by atoms with Gasteiger partial charge in [0.25, 0.3) is 0 Å². The van der Waals surface area contributed by atoms with Crippen LogP contribution in [0, 0.1) is 6.92 Å². The summed E-state index contributed by atoms with van der Waals surface area (Å²) in [6.07, 6.45) is 2.00. The highest BCUT2D eigenvalue weighted by Gasteiger charge is 2.05. The molecule has 96 valence electrons. The summed E-state index contributed by atoms with van der Waals surface area (Å²) in [4.78, 5) is 8.60. The summed E-state index contributed by atoms with van der Waals surface area (Å²) in [7, 11) is 0. The highest BCUT2D eigenvalue weighted by molar-refractivity contribution is 5.46. The Morgan fingerprint density at radius 2 is 2.12 bits per heavy atom. The molecule has 1 aromatic rings. The second-order valence-corrected chi connectivity index (χ2v) is 3.90. The van der Waals surface area contributed by atoms with Gasteiger partial charge in [0.2, 0.25) is 5.95 Å². The molecule has 2 N–H and O–H groups in total. The number of nitrogens with one attached hydrogen (secondary N) is 2. The Bertz CT molecular complexity index is 343. The molecule has 0 saturated heterocycles. The van der Waals surface area contributed by atoms with Gasteiger partial charge in [-0.25, -0.2) is 4.98 Å². The zero-order valence-electron chi connectivity index (χ0n) is 11.1. The Morgan fingerprint density at radius 1 is 1.35 bits per heavy atom. The predicted molar refractivity (Wildman–Crippen MR) is 70.5 cm³/mol. The lowest BCUT2D eigenvalue weighted by Gasteiger charge is -2.14. The number of hydrogen-bond acceptors (Lipinski definition) is 5. The van der Waals surface area contributed by atoms with E-state index < -0.39 is 0 Å². The van der Waals surface area contributed by atoms with E-state index in [4.69, 9.17) is 4.74 Å². The minimum absolute atomic E-state index is 0.178. The van der Waals surface area contributed by atoms with Crippen LogP contribution in [0.25, 0.3) is 0 Å². The molecule has 0 spiro atoms. The summed E-state index contributed by atoms with van der Waals surface area (Å²) < 4.78 is 5.46. The summed E-state index contributed by atoms with van der Waals surface area (Å²) >= 11 is 0. The standard InChI is InChI=1S/C12H22N4O/c1-5-13-12-15-7-9(3)11(16-12)14-8-10(4)17-6-2/h7,10H,5-6,8H2,1-4H3,(H2,13,14,15,16). The molecule has 0 amide bonds. The lowest BCUT2D eigenvalue weighted by Crippen LogP contribution is -2.21. The van der Waals surface area contributed by atoms with Crippen molar-refractivity contribution < 1.29 is 4.74 Å². The van der Waals surface area contributed by atoms with Crippen LogP contribution >= 0.6 is 0 Å². The summed E-state index contributed by atoms with van der Waals surface area (Å²) in [6, 6.07) is 0. The van der Waals surface area contributed by atoms with Crippen LogP contribution in [0.1, 0.15) is 26.3 Å². The molecule has 0 bridgehead atoms. The van der Waals surface area contributed by atoms with Gasteiger partial charge in [0.15, 0.2) is 0 Å². The molecule has 0 aliphatic rings. The van der Waals surface area contributed by atoms with Gasteiger partial charge < -0.3 is 15.4 Å². The van der Waals surface area contributed by atoms with E-state index in [-0.39, 0.29) is 6.10 Å². The maximum atomic E-state index is 5.46. The Kier molecular flexibility index (Phi) is 5.69. The lowest BCUT2D eigenvalue weighted by molar-refractivity contribution is 0.0855. The number of aromatic nitrogens is 2. The molecule has 17 heavy (non-hydrogen) atoms. The maximum absolute atomic E-state index is 5.46. The SMILES string of the molecule is CCNc1ncc(C)c(NCC(C)OCC)n1. The smallest absolute Gasteiger partial charge is 0.224 e. The van der Waals surface area contributed by atoms with Crippen molar-refractivity contribution in [2.75, 3.05) is 30.3 Å². The quantitative estimate of drug-likeness (QED) is 0.761. The number of rotatable bonds is 7. The number of hydrogen-bond donors (Lipinski definition) is 2. The third-order valence-electron chi connectivity index (χ3n) is 2.31. The van der Waals surface area contributed by atoms with E-state index in [0.717, 1.165) is 31.1 Å². The van der Waals surface area contributed by atoms with Gasteiger partial charge in [-0.15, -0.1) is 0 Å². The summed E-state index contributed by atoms with van der Waals surface area (Å²) in [5, 5.41) is 6.37. The molecule has 1 rings (SSSR count). The van der Waals surface area contributed by atoms with E-state index in [1.165, 1.54) is 0 Å². The molecule has 5 nitrogen and oxygen atoms in total. The summed E-state index contributed by atoms with van der Waals surface area (Å²) in [5.74, 6) is 1.52. The van der Waals surface area contributed by atoms with Gasteiger partial charge in [0, 0.05) is 31.5 Å². The average Bonchev–Trinajstić information content (AvgIpc) is 2.30. The monoisotopic (exact) mass is 238 g/mol. The van der Waals surface area contributed by atoms with Crippen LogP contribution in [0.3, 0.4) is 0 Å². The van der Waals surface area contributed by atoms with Crippen LogP contribution in [0.5, 0.6) is 0 Å². The Labute approximate surface area is 103 Å². The topological polar surface area (TPSA) is 59.1 Å². The molecular formula is C12H22N4O. The zero-order chi connectivity index (χ0) is 12.7. The third kappa shape index (κ3) is 4.56. The van der Waals surface area contributed by atoms with Crippen molar-refractivity contribution in [2.24, 2.45) is 0 Å². The second-order valence-electron chi connectivity index (χ2n) is 3.90. The first-order valence-corrected chi connectivity index (χ1v) is 6.10. The van der Waals surface area contributed by atoms with Crippen LogP contribution in [0.15, 0.2) is 6.20 Å². The van der Waals surface area contributed by atoms with Crippen LogP contribution in [-0.4, -0.2) is 35.8 Å². The zero-order valence-corrected chi connectivity index (χ0v) is 11.1. The molecule has 0 aromatic carbocycles. The van der Waals surface area contributed by atoms with Gasteiger partial charge in [0.1, 0.15) is 5.82 Å². The van der Waals surface area contributed by atoms with E-state index in [1.54, 1.807) is 0 Å². The Morgan fingerprint density at radius 3 is 2.76 bits per heavy atom. The van der Waals surface area contributed by atoms with Gasteiger partial charge in [-0.2, -0.15) is 4.98 Å². The molecule has 1 heterocycles. The van der Waals surface area contributed by atoms with Gasteiger partial charge >= 0.3 is 0 Å². The molecule has 5 heteroatoms. The normalized spacial score (nSPS) is 12.2. The van der Waals surface area contributed by atoms with Gasteiger partial charge in [-0.1, -0.05) is 0 Å². The summed E-state index contributed by atoms with van der Waals surface area (Å²) in [5.41, 5.74) is 1.04. The van der Waals surface area contributed by atoms with Gasteiger partial charge in [-0.3, -0.25) is 0 Å². The molecule has 1 atom stereocenters. The molecule has 1 unspecified atom stereocenters. The first-order valence-electron chi connectivity index (χ1n) is 6.10. The minimum atomic E-state index is 0.178. The van der Waals surface area contributed by atoms with Gasteiger partial charge in [-0.05, 0) is 27.7 Å². The molecular weight excluding hydrogens is 216 g/mol. The van der Waals surface area contributed by atoms with E-state index in [2.05, 4.69) is 20.6 Å². The van der Waals surface area contributed by atoms with Crippen LogP contribution in [-0.2, 0) is 4.74 Å². The van der Waals surface area contributed by atoms with Crippen molar-refractivity contribution in [2.45, 2.75) is 33.8 Å².